The van der Waals surface area contributed by atoms with Crippen molar-refractivity contribution in [2.75, 3.05) is 13.2 Å². The fourth-order valence-corrected chi connectivity index (χ4v) is 3.03. The molecule has 1 rings (SSSR count). The number of hydrogen-bond acceptors (Lipinski definition) is 4. The summed E-state index contributed by atoms with van der Waals surface area (Å²) in [4.78, 5) is -0.379. The van der Waals surface area contributed by atoms with Crippen molar-refractivity contribution in [1.82, 2.24) is 4.72 Å². The van der Waals surface area contributed by atoms with E-state index >= 15 is 0 Å². The van der Waals surface area contributed by atoms with Crippen LogP contribution in [0.4, 0.5) is 13.2 Å². The molecular formula is C12H16F3NO4S. The van der Waals surface area contributed by atoms with E-state index in [1.807, 2.05) is 0 Å². The van der Waals surface area contributed by atoms with Crippen LogP contribution in [0.1, 0.15) is 18.9 Å². The van der Waals surface area contributed by atoms with E-state index in [1.54, 1.807) is 6.92 Å². The molecule has 0 heterocycles. The highest BCUT2D eigenvalue weighted by atomic mass is 32.2. The second kappa shape index (κ2) is 6.30. The van der Waals surface area contributed by atoms with Gasteiger partial charge in [-0.2, -0.15) is 13.2 Å². The fourth-order valence-electron chi connectivity index (χ4n) is 1.58. The predicted molar refractivity (Wildman–Crippen MR) is 69.0 cm³/mol. The van der Waals surface area contributed by atoms with E-state index in [2.05, 4.69) is 4.72 Å². The van der Waals surface area contributed by atoms with Gasteiger partial charge in [-0.25, -0.2) is 13.1 Å². The van der Waals surface area contributed by atoms with Crippen molar-refractivity contribution < 1.29 is 31.8 Å². The zero-order chi connectivity index (χ0) is 16.3. The average molecular weight is 327 g/mol. The van der Waals surface area contributed by atoms with Crippen molar-refractivity contribution in [2.45, 2.75) is 30.0 Å². The minimum Gasteiger partial charge on any atom is -0.394 e. The molecule has 3 N–H and O–H groups in total. The third kappa shape index (κ3) is 4.16. The second-order valence-corrected chi connectivity index (χ2v) is 6.26. The summed E-state index contributed by atoms with van der Waals surface area (Å²) in [6.07, 6.45) is -4.45. The lowest BCUT2D eigenvalue weighted by Gasteiger charge is -2.29. The first-order valence-electron chi connectivity index (χ1n) is 6.03. The molecule has 0 atom stereocenters. The summed E-state index contributed by atoms with van der Waals surface area (Å²) in [5, 5.41) is 18.4. The monoisotopic (exact) mass is 327 g/mol. The van der Waals surface area contributed by atoms with Gasteiger partial charge in [0.05, 0.1) is 29.2 Å². The molecule has 120 valence electrons. The van der Waals surface area contributed by atoms with Gasteiger partial charge >= 0.3 is 6.18 Å². The number of nitrogens with one attached hydrogen (secondary N) is 1. The lowest BCUT2D eigenvalue weighted by molar-refractivity contribution is -0.137. The number of alkyl halides is 3. The molecular weight excluding hydrogens is 311 g/mol. The Morgan fingerprint density at radius 2 is 1.57 bits per heavy atom. The zero-order valence-electron chi connectivity index (χ0n) is 11.2. The van der Waals surface area contributed by atoms with Crippen LogP contribution in [0.25, 0.3) is 0 Å². The third-order valence-corrected chi connectivity index (χ3v) is 4.72. The highest BCUT2D eigenvalue weighted by molar-refractivity contribution is 7.89. The molecule has 0 saturated carbocycles. The van der Waals surface area contributed by atoms with E-state index in [0.29, 0.717) is 12.1 Å². The molecule has 21 heavy (non-hydrogen) atoms. The Labute approximate surface area is 120 Å². The Morgan fingerprint density at radius 3 is 1.90 bits per heavy atom. The molecule has 0 unspecified atom stereocenters. The zero-order valence-corrected chi connectivity index (χ0v) is 12.0. The lowest BCUT2D eigenvalue weighted by Crippen LogP contribution is -2.53. The molecule has 1 aromatic rings. The van der Waals surface area contributed by atoms with Gasteiger partial charge in [0.25, 0.3) is 0 Å². The summed E-state index contributed by atoms with van der Waals surface area (Å²) in [5.41, 5.74) is -2.42. The number of benzene rings is 1. The standard InChI is InChI=1S/C12H16F3NO4S/c1-2-11(7-17,8-18)16-21(19,20)10-5-3-9(4-6-10)12(13,14)15/h3-6,16-18H,2,7-8H2,1H3. The van der Waals surface area contributed by atoms with Gasteiger partial charge in [-0.05, 0) is 30.7 Å². The van der Waals surface area contributed by atoms with Gasteiger partial charge in [0.2, 0.25) is 10.0 Å². The molecule has 0 saturated heterocycles. The molecule has 0 aliphatic rings. The van der Waals surface area contributed by atoms with Crippen molar-refractivity contribution in [3.63, 3.8) is 0 Å². The molecule has 5 nitrogen and oxygen atoms in total. The minimum atomic E-state index is -4.56. The Balaban J connectivity index is 3.09. The summed E-state index contributed by atoms with van der Waals surface area (Å²) in [5.74, 6) is 0. The highest BCUT2D eigenvalue weighted by Gasteiger charge is 2.34. The first kappa shape index (κ1) is 17.9. The topological polar surface area (TPSA) is 86.6 Å². The maximum atomic E-state index is 12.4. The van der Waals surface area contributed by atoms with Crippen LogP contribution >= 0.6 is 0 Å². The molecule has 0 bridgehead atoms. The van der Waals surface area contributed by atoms with Crippen LogP contribution in [0, 0.1) is 0 Å². The molecule has 0 fully saturated rings. The van der Waals surface area contributed by atoms with Crippen LogP contribution < -0.4 is 4.72 Å². The van der Waals surface area contributed by atoms with Crippen LogP contribution in [0.3, 0.4) is 0 Å². The summed E-state index contributed by atoms with van der Waals surface area (Å²) in [6, 6.07) is 2.95. The van der Waals surface area contributed by atoms with E-state index in [9.17, 15) is 31.8 Å². The van der Waals surface area contributed by atoms with Crippen LogP contribution in [0.15, 0.2) is 29.2 Å². The summed E-state index contributed by atoms with van der Waals surface area (Å²) < 4.78 is 63.5. The Morgan fingerprint density at radius 1 is 1.10 bits per heavy atom. The van der Waals surface area contributed by atoms with Crippen LogP contribution in [0.5, 0.6) is 0 Å². The molecule has 0 aromatic heterocycles. The molecule has 0 radical (unpaired) electrons. The van der Waals surface area contributed by atoms with E-state index in [1.165, 1.54) is 0 Å². The van der Waals surface area contributed by atoms with Crippen LogP contribution in [-0.4, -0.2) is 37.4 Å². The fraction of sp³-hybridized carbons (Fsp3) is 0.500. The van der Waals surface area contributed by atoms with Crippen molar-refractivity contribution in [3.8, 4) is 0 Å². The maximum absolute atomic E-state index is 12.4. The second-order valence-electron chi connectivity index (χ2n) is 4.58. The van der Waals surface area contributed by atoms with Gasteiger partial charge in [-0.1, -0.05) is 6.92 Å². The lowest BCUT2D eigenvalue weighted by atomic mass is 10.0. The molecule has 0 amide bonds. The number of rotatable bonds is 6. The highest BCUT2D eigenvalue weighted by Crippen LogP contribution is 2.29. The normalized spacial score (nSPS) is 13.4. The van der Waals surface area contributed by atoms with Gasteiger partial charge in [0.1, 0.15) is 0 Å². The molecule has 0 aliphatic heterocycles. The number of hydrogen-bond donors (Lipinski definition) is 3. The SMILES string of the molecule is CCC(CO)(CO)NS(=O)(=O)c1ccc(C(F)(F)F)cc1. The summed E-state index contributed by atoms with van der Waals surface area (Å²) in [6.45, 7) is 0.279. The molecule has 9 heteroatoms. The van der Waals surface area contributed by atoms with E-state index in [0.717, 1.165) is 12.1 Å². The van der Waals surface area contributed by atoms with Gasteiger partial charge in [-0.3, -0.25) is 0 Å². The summed E-state index contributed by atoms with van der Waals surface area (Å²) >= 11 is 0. The van der Waals surface area contributed by atoms with Gasteiger partial charge < -0.3 is 10.2 Å². The van der Waals surface area contributed by atoms with Crippen molar-refractivity contribution in [2.24, 2.45) is 0 Å². The Kier molecular flexibility index (Phi) is 5.37. The van der Waals surface area contributed by atoms with Crippen molar-refractivity contribution in [1.29, 1.82) is 0 Å². The quantitative estimate of drug-likeness (QED) is 0.731. The van der Waals surface area contributed by atoms with Gasteiger partial charge in [-0.15, -0.1) is 0 Å². The smallest absolute Gasteiger partial charge is 0.394 e. The first-order chi connectivity index (χ1) is 9.60. The first-order valence-corrected chi connectivity index (χ1v) is 7.51. The van der Waals surface area contributed by atoms with Crippen LogP contribution in [0.2, 0.25) is 0 Å². The van der Waals surface area contributed by atoms with Crippen molar-refractivity contribution in [3.05, 3.63) is 29.8 Å². The largest absolute Gasteiger partial charge is 0.416 e. The summed E-state index contributed by atoms with van der Waals surface area (Å²) in [7, 11) is -4.15. The Hall–Kier alpha value is -1.16. The van der Waals surface area contributed by atoms with Gasteiger partial charge in [0, 0.05) is 0 Å². The molecule has 1 aromatic carbocycles. The minimum absolute atomic E-state index is 0.111. The molecule has 0 aliphatic carbocycles. The average Bonchev–Trinajstić information content (AvgIpc) is 2.44. The predicted octanol–water partition coefficient (Wildman–Crippen LogP) is 1.12. The van der Waals surface area contributed by atoms with Crippen molar-refractivity contribution >= 4 is 10.0 Å². The number of sulfonamides is 1. The molecule has 0 spiro atoms. The van der Waals surface area contributed by atoms with E-state index in [-0.39, 0.29) is 11.3 Å². The Bertz CT molecular complexity index is 557. The van der Waals surface area contributed by atoms with E-state index in [4.69, 9.17) is 0 Å². The number of aliphatic hydroxyl groups is 2. The third-order valence-electron chi connectivity index (χ3n) is 3.12. The van der Waals surface area contributed by atoms with E-state index < -0.39 is 40.5 Å². The maximum Gasteiger partial charge on any atom is 0.416 e. The number of halogens is 3. The van der Waals surface area contributed by atoms with Gasteiger partial charge in [0.15, 0.2) is 0 Å². The number of aliphatic hydroxyl groups excluding tert-OH is 2. The van der Waals surface area contributed by atoms with Crippen LogP contribution in [-0.2, 0) is 16.2 Å².